The van der Waals surface area contributed by atoms with Gasteiger partial charge in [-0.1, -0.05) is 59.7 Å². The van der Waals surface area contributed by atoms with Gasteiger partial charge in [-0.05, 0) is 12.5 Å². The van der Waals surface area contributed by atoms with Gasteiger partial charge in [-0.3, -0.25) is 4.98 Å². The van der Waals surface area contributed by atoms with Crippen molar-refractivity contribution >= 4 is 34.0 Å². The summed E-state index contributed by atoms with van der Waals surface area (Å²) in [6, 6.07) is 17.4. The maximum absolute atomic E-state index is 13.5. The van der Waals surface area contributed by atoms with Crippen LogP contribution in [-0.2, 0) is 16.0 Å². The summed E-state index contributed by atoms with van der Waals surface area (Å²) in [6.45, 7) is 2.47. The van der Waals surface area contributed by atoms with Crippen molar-refractivity contribution in [1.82, 2.24) is 4.98 Å². The van der Waals surface area contributed by atoms with Crippen LogP contribution in [0.15, 0.2) is 83.9 Å². The Kier molecular flexibility index (Phi) is 5.60. The van der Waals surface area contributed by atoms with E-state index in [0.717, 1.165) is 16.3 Å². The summed E-state index contributed by atoms with van der Waals surface area (Å²) in [5, 5.41) is 20.9. The minimum absolute atomic E-state index is 0.155. The monoisotopic (exact) mass is 414 g/mol. The first-order valence-electron chi connectivity index (χ1n) is 10.1. The minimum Gasteiger partial charge on any atom is -0.543 e. The molecule has 1 aliphatic heterocycles. The molecule has 2 heterocycles. The molecule has 156 valence electrons. The highest BCUT2D eigenvalue weighted by Crippen LogP contribution is 2.27. The molecule has 3 aromatic rings. The minimum atomic E-state index is -1.42. The third-order valence-corrected chi connectivity index (χ3v) is 5.47. The quantitative estimate of drug-likeness (QED) is 0.599. The number of anilines is 1. The number of rotatable bonds is 7. The van der Waals surface area contributed by atoms with E-state index >= 15 is 0 Å². The number of carbonyl (C=O) groups excluding carboxylic acids is 2. The first-order chi connectivity index (χ1) is 15.0. The molecule has 0 spiro atoms. The molecule has 7 nitrogen and oxygen atoms in total. The number of amides is 1. The number of quaternary nitrogens is 1. The lowest BCUT2D eigenvalue weighted by Gasteiger charge is -2.32. The molecule has 4 rings (SSSR count). The van der Waals surface area contributed by atoms with Gasteiger partial charge in [-0.25, -0.2) is 4.79 Å². The van der Waals surface area contributed by atoms with Crippen LogP contribution in [0.5, 0.6) is 0 Å². The van der Waals surface area contributed by atoms with Crippen LogP contribution in [0.4, 0.5) is 5.69 Å². The van der Waals surface area contributed by atoms with E-state index in [2.05, 4.69) is 15.4 Å². The molecule has 1 unspecified atom stereocenters. The maximum atomic E-state index is 13.5. The number of pyridine rings is 1. The highest BCUT2D eigenvalue weighted by atomic mass is 16.4. The van der Waals surface area contributed by atoms with Gasteiger partial charge in [0.05, 0.1) is 17.9 Å². The maximum Gasteiger partial charge on any atom is 0.388 e. The fraction of sp³-hybridized carbons (Fsp3) is 0.167. The van der Waals surface area contributed by atoms with Crippen LogP contribution in [0.3, 0.4) is 0 Å². The van der Waals surface area contributed by atoms with Crippen molar-refractivity contribution in [3.8, 4) is 0 Å². The van der Waals surface area contributed by atoms with Crippen molar-refractivity contribution in [1.29, 1.82) is 0 Å². The van der Waals surface area contributed by atoms with Crippen molar-refractivity contribution in [2.24, 2.45) is 5.10 Å². The Bertz CT molecular complexity index is 1200. The molecule has 2 aromatic carbocycles. The van der Waals surface area contributed by atoms with E-state index in [1.54, 1.807) is 12.4 Å². The average molecular weight is 414 g/mol. The molecule has 0 bridgehead atoms. The molecular weight excluding hydrogens is 392 g/mol. The number of carboxylic acid groups (broad SMARTS) is 1. The second-order valence-corrected chi connectivity index (χ2v) is 7.37. The second kappa shape index (κ2) is 8.49. The zero-order valence-corrected chi connectivity index (χ0v) is 17.1. The zero-order valence-electron chi connectivity index (χ0n) is 17.1. The average Bonchev–Trinajstić information content (AvgIpc) is 2.80. The first kappa shape index (κ1) is 20.4. The fourth-order valence-electron chi connectivity index (χ4n) is 3.74. The Hall–Kier alpha value is -3.84. The summed E-state index contributed by atoms with van der Waals surface area (Å²) in [5.74, 6) is -1.71. The predicted octanol–water partition coefficient (Wildman–Crippen LogP) is 2.26. The number of nitrogens with zero attached hydrogens (tertiary/aromatic N) is 3. The second-order valence-electron chi connectivity index (χ2n) is 7.37. The van der Waals surface area contributed by atoms with Crippen molar-refractivity contribution < 1.29 is 19.3 Å². The van der Waals surface area contributed by atoms with E-state index in [1.807, 2.05) is 61.5 Å². The van der Waals surface area contributed by atoms with Crippen LogP contribution < -0.4 is 10.4 Å². The van der Waals surface area contributed by atoms with Gasteiger partial charge in [-0.15, -0.1) is 4.59 Å². The van der Waals surface area contributed by atoms with E-state index in [9.17, 15) is 14.7 Å². The van der Waals surface area contributed by atoms with Gasteiger partial charge >= 0.3 is 5.91 Å². The van der Waals surface area contributed by atoms with E-state index in [0.29, 0.717) is 25.2 Å². The summed E-state index contributed by atoms with van der Waals surface area (Å²) < 4.78 is -0.352. The molecular formula is C24H22N4O3. The molecule has 31 heavy (non-hydrogen) atoms. The number of benzene rings is 2. The Morgan fingerprint density at radius 2 is 1.81 bits per heavy atom. The lowest BCUT2D eigenvalue weighted by molar-refractivity contribution is -0.857. The number of fused-ring (bicyclic) bond motifs is 1. The van der Waals surface area contributed by atoms with Crippen LogP contribution in [0.2, 0.25) is 0 Å². The number of nitrogens with one attached hydrogen (secondary N) is 1. The molecule has 0 saturated carbocycles. The largest absolute Gasteiger partial charge is 0.543 e. The van der Waals surface area contributed by atoms with E-state index in [4.69, 9.17) is 0 Å². The molecule has 7 heteroatoms. The van der Waals surface area contributed by atoms with Gasteiger partial charge in [0.15, 0.2) is 0 Å². The molecule has 1 aromatic heterocycles. The molecule has 0 saturated heterocycles. The molecule has 0 fully saturated rings. The summed E-state index contributed by atoms with van der Waals surface area (Å²) in [6.07, 6.45) is 5.17. The number of aromatic nitrogens is 1. The first-order valence-corrected chi connectivity index (χ1v) is 10.1. The fourth-order valence-corrected chi connectivity index (χ4v) is 3.74. The number of likely N-dealkylation sites (N-methyl/N-ethyl adjacent to an activating group) is 1. The Balaban J connectivity index is 1.70. The van der Waals surface area contributed by atoms with Crippen molar-refractivity contribution in [3.05, 3.63) is 84.3 Å². The van der Waals surface area contributed by atoms with Crippen molar-refractivity contribution in [2.75, 3.05) is 18.4 Å². The molecule has 0 aliphatic carbocycles. The summed E-state index contributed by atoms with van der Waals surface area (Å²) in [7, 11) is 0. The third kappa shape index (κ3) is 4.08. The summed E-state index contributed by atoms with van der Waals surface area (Å²) in [4.78, 5) is 29.4. The lowest BCUT2D eigenvalue weighted by atomic mass is 10.1. The topological polar surface area (TPSA) is 94.5 Å². The Labute approximate surface area is 179 Å². The normalized spacial score (nSPS) is 18.4. The lowest BCUT2D eigenvalue weighted by Crippen LogP contribution is -2.55. The number of hydrogen-bond acceptors (Lipinski definition) is 6. The smallest absolute Gasteiger partial charge is 0.388 e. The third-order valence-electron chi connectivity index (χ3n) is 5.47. The van der Waals surface area contributed by atoms with Gasteiger partial charge < -0.3 is 15.2 Å². The molecule has 1 atom stereocenters. The van der Waals surface area contributed by atoms with Gasteiger partial charge in [0.1, 0.15) is 24.5 Å². The SMILES string of the molecule is CC[N+]1(CCc2ccccc2)N=C(C(=O)[O-])C=C(Nc2cncc3ccccc23)C1=O. The molecule has 1 N–H and O–H groups in total. The Morgan fingerprint density at radius 1 is 1.06 bits per heavy atom. The van der Waals surface area contributed by atoms with E-state index in [1.165, 1.54) is 6.08 Å². The van der Waals surface area contributed by atoms with Crippen LogP contribution in [-0.4, -0.2) is 40.3 Å². The molecule has 1 aliphatic rings. The number of carboxylic acids is 1. The molecule has 1 amide bonds. The molecule has 0 radical (unpaired) electrons. The van der Waals surface area contributed by atoms with Crippen LogP contribution >= 0.6 is 0 Å². The van der Waals surface area contributed by atoms with Gasteiger partial charge in [0.25, 0.3) is 0 Å². The summed E-state index contributed by atoms with van der Waals surface area (Å²) >= 11 is 0. The van der Waals surface area contributed by atoms with Crippen LogP contribution in [0, 0.1) is 0 Å². The van der Waals surface area contributed by atoms with Crippen LogP contribution in [0.1, 0.15) is 12.5 Å². The van der Waals surface area contributed by atoms with E-state index in [-0.39, 0.29) is 21.9 Å². The highest BCUT2D eigenvalue weighted by molar-refractivity contribution is 6.40. The van der Waals surface area contributed by atoms with Crippen molar-refractivity contribution in [2.45, 2.75) is 13.3 Å². The Morgan fingerprint density at radius 3 is 2.55 bits per heavy atom. The van der Waals surface area contributed by atoms with Gasteiger partial charge in [0.2, 0.25) is 0 Å². The zero-order chi connectivity index (χ0) is 21.8. The van der Waals surface area contributed by atoms with Crippen LogP contribution in [0.25, 0.3) is 10.8 Å². The number of aliphatic carboxylic acids is 1. The number of carbonyl (C=O) groups is 2. The van der Waals surface area contributed by atoms with Crippen molar-refractivity contribution in [3.63, 3.8) is 0 Å². The standard InChI is InChI=1S/C24H22N4O3/c1-2-28(13-12-17-8-4-3-5-9-17)23(29)20(14-21(27-28)24(30)31)26-22-16-25-15-18-10-6-7-11-19(18)22/h3-11,14-16H,2,12-13H2,1H3,(H-,26,27,30,31). The number of hydrogen-bond donors (Lipinski definition) is 1. The predicted molar refractivity (Wildman–Crippen MR) is 117 cm³/mol. The van der Waals surface area contributed by atoms with Gasteiger partial charge in [0, 0.05) is 29.5 Å². The highest BCUT2D eigenvalue weighted by Gasteiger charge is 2.42. The van der Waals surface area contributed by atoms with Gasteiger partial charge in [-0.2, -0.15) is 0 Å². The van der Waals surface area contributed by atoms with E-state index < -0.39 is 5.97 Å². The summed E-state index contributed by atoms with van der Waals surface area (Å²) in [5.41, 5.74) is 1.57.